The van der Waals surface area contributed by atoms with Crippen LogP contribution in [0.4, 0.5) is 0 Å². The van der Waals surface area contributed by atoms with Crippen LogP contribution >= 0.6 is 0 Å². The van der Waals surface area contributed by atoms with E-state index in [4.69, 9.17) is 0 Å². The topological polar surface area (TPSA) is 93.0 Å². The number of H-pyrrole nitrogens is 1. The summed E-state index contributed by atoms with van der Waals surface area (Å²) in [5, 5.41) is 0. The zero-order valence-electron chi connectivity index (χ0n) is 14.2. The summed E-state index contributed by atoms with van der Waals surface area (Å²) >= 11 is 0. The first-order valence-electron chi connectivity index (χ1n) is 8.41. The molecule has 8 heteroatoms. The van der Waals surface area contributed by atoms with Gasteiger partial charge in [-0.05, 0) is 12.8 Å². The molecule has 1 aliphatic heterocycles. The molecule has 1 fully saturated rings. The normalized spacial score (nSPS) is 15.7. The van der Waals surface area contributed by atoms with Gasteiger partial charge in [-0.1, -0.05) is 12.8 Å². The zero-order chi connectivity index (χ0) is 17.3. The van der Waals surface area contributed by atoms with Crippen LogP contribution in [0.25, 0.3) is 11.2 Å². The third-order valence-corrected chi connectivity index (χ3v) is 4.68. The van der Waals surface area contributed by atoms with E-state index in [1.54, 1.807) is 7.05 Å². The second-order valence-corrected chi connectivity index (χ2v) is 6.38. The first-order chi connectivity index (χ1) is 11.5. The molecule has 0 radical (unpaired) electrons. The van der Waals surface area contributed by atoms with E-state index in [0.717, 1.165) is 30.5 Å². The fraction of sp³-hybridized carbons (Fsp3) is 0.625. The standard InChI is InChI=1S/C16H23N5O3/c1-19-14-13(15(23)20(2)16(19)24)17-11(18-14)7-8-12(22)21-9-5-3-4-6-10-21/h3-10H2,1-2H3,(H,17,18). The predicted octanol–water partition coefficient (Wildman–Crippen LogP) is 0.295. The number of amides is 1. The van der Waals surface area contributed by atoms with Gasteiger partial charge in [-0.2, -0.15) is 0 Å². The van der Waals surface area contributed by atoms with Crippen LogP contribution in [0, 0.1) is 0 Å². The van der Waals surface area contributed by atoms with Crippen molar-refractivity contribution >= 4 is 17.1 Å². The lowest BCUT2D eigenvalue weighted by Gasteiger charge is -2.19. The van der Waals surface area contributed by atoms with Crippen molar-refractivity contribution in [2.24, 2.45) is 14.1 Å². The van der Waals surface area contributed by atoms with Crippen LogP contribution in [0.15, 0.2) is 9.59 Å². The van der Waals surface area contributed by atoms with Crippen LogP contribution < -0.4 is 11.2 Å². The molecule has 0 spiro atoms. The van der Waals surface area contributed by atoms with Gasteiger partial charge in [0.25, 0.3) is 5.56 Å². The van der Waals surface area contributed by atoms with Crippen molar-refractivity contribution in [2.75, 3.05) is 13.1 Å². The molecule has 0 atom stereocenters. The van der Waals surface area contributed by atoms with Gasteiger partial charge in [0, 0.05) is 40.0 Å². The smallest absolute Gasteiger partial charge is 0.332 e. The number of aromatic amines is 1. The van der Waals surface area contributed by atoms with Gasteiger partial charge in [-0.15, -0.1) is 0 Å². The van der Waals surface area contributed by atoms with E-state index < -0.39 is 11.2 Å². The Morgan fingerprint density at radius 3 is 2.42 bits per heavy atom. The molecule has 130 valence electrons. The summed E-state index contributed by atoms with van der Waals surface area (Å²) in [4.78, 5) is 45.6. The minimum absolute atomic E-state index is 0.124. The van der Waals surface area contributed by atoms with Gasteiger partial charge in [0.15, 0.2) is 5.65 Å². The Bertz CT molecular complexity index is 868. The molecule has 3 rings (SSSR count). The number of hydrogen-bond donors (Lipinski definition) is 1. The first-order valence-corrected chi connectivity index (χ1v) is 8.41. The molecule has 2 aromatic heterocycles. The third kappa shape index (κ3) is 3.00. The highest BCUT2D eigenvalue weighted by molar-refractivity contribution is 5.76. The van der Waals surface area contributed by atoms with Crippen molar-refractivity contribution in [3.63, 3.8) is 0 Å². The Morgan fingerprint density at radius 2 is 1.75 bits per heavy atom. The Labute approximate surface area is 139 Å². The van der Waals surface area contributed by atoms with Gasteiger partial charge in [0.2, 0.25) is 5.91 Å². The van der Waals surface area contributed by atoms with Crippen LogP contribution in [-0.2, 0) is 25.3 Å². The van der Waals surface area contributed by atoms with Crippen LogP contribution in [0.1, 0.15) is 37.9 Å². The quantitative estimate of drug-likeness (QED) is 0.874. The van der Waals surface area contributed by atoms with Crippen LogP contribution in [0.2, 0.25) is 0 Å². The van der Waals surface area contributed by atoms with Crippen molar-refractivity contribution in [3.05, 3.63) is 26.7 Å². The number of likely N-dealkylation sites (tertiary alicyclic amines) is 1. The molecule has 0 saturated carbocycles. The Morgan fingerprint density at radius 1 is 1.08 bits per heavy atom. The van der Waals surface area contributed by atoms with E-state index in [9.17, 15) is 14.4 Å². The Kier molecular flexibility index (Phi) is 4.55. The lowest BCUT2D eigenvalue weighted by atomic mass is 10.2. The number of carbonyl (C=O) groups excluding carboxylic acids is 1. The number of rotatable bonds is 3. The van der Waals surface area contributed by atoms with Gasteiger partial charge in [0.05, 0.1) is 0 Å². The van der Waals surface area contributed by atoms with E-state index >= 15 is 0 Å². The molecular formula is C16H23N5O3. The fourth-order valence-electron chi connectivity index (χ4n) is 3.20. The minimum atomic E-state index is -0.411. The van der Waals surface area contributed by atoms with E-state index in [-0.39, 0.29) is 5.91 Å². The number of carbonyl (C=O) groups is 1. The summed E-state index contributed by atoms with van der Waals surface area (Å²) < 4.78 is 2.39. The number of imidazole rings is 1. The van der Waals surface area contributed by atoms with Crippen LogP contribution in [-0.4, -0.2) is 43.0 Å². The molecule has 1 amide bonds. The second kappa shape index (κ2) is 6.62. The lowest BCUT2D eigenvalue weighted by Crippen LogP contribution is -2.36. The third-order valence-electron chi connectivity index (χ3n) is 4.68. The predicted molar refractivity (Wildman–Crippen MR) is 89.9 cm³/mol. The maximum atomic E-state index is 12.3. The number of aromatic nitrogens is 4. The molecule has 1 aliphatic rings. The molecule has 0 unspecified atom stereocenters. The summed E-state index contributed by atoms with van der Waals surface area (Å²) in [7, 11) is 3.02. The highest BCUT2D eigenvalue weighted by Gasteiger charge is 2.17. The maximum absolute atomic E-state index is 12.3. The molecule has 0 bridgehead atoms. The van der Waals surface area contributed by atoms with Gasteiger partial charge in [-0.25, -0.2) is 9.78 Å². The summed E-state index contributed by atoms with van der Waals surface area (Å²) in [5.74, 6) is 0.686. The van der Waals surface area contributed by atoms with Crippen LogP contribution in [0.5, 0.6) is 0 Å². The largest absolute Gasteiger partial charge is 0.343 e. The van der Waals surface area contributed by atoms with Crippen molar-refractivity contribution in [1.29, 1.82) is 0 Å². The number of hydrogen-bond acceptors (Lipinski definition) is 4. The van der Waals surface area contributed by atoms with E-state index in [0.29, 0.717) is 29.8 Å². The minimum Gasteiger partial charge on any atom is -0.343 e. The highest BCUT2D eigenvalue weighted by atomic mass is 16.2. The number of nitrogens with one attached hydrogen (secondary N) is 1. The Balaban J connectivity index is 1.77. The van der Waals surface area contributed by atoms with Gasteiger partial charge in [0.1, 0.15) is 11.3 Å². The van der Waals surface area contributed by atoms with Crippen molar-refractivity contribution in [3.8, 4) is 0 Å². The first kappa shape index (κ1) is 16.5. The van der Waals surface area contributed by atoms with Crippen molar-refractivity contribution in [2.45, 2.75) is 38.5 Å². The zero-order valence-corrected chi connectivity index (χ0v) is 14.2. The summed E-state index contributed by atoms with van der Waals surface area (Å²) in [6.45, 7) is 1.65. The fourth-order valence-corrected chi connectivity index (χ4v) is 3.20. The van der Waals surface area contributed by atoms with E-state index in [2.05, 4.69) is 9.97 Å². The number of aryl methyl sites for hydroxylation is 2. The number of fused-ring (bicyclic) bond motifs is 1. The number of nitrogens with zero attached hydrogens (tertiary/aromatic N) is 4. The summed E-state index contributed by atoms with van der Waals surface area (Å²) in [5.41, 5.74) is -0.172. The van der Waals surface area contributed by atoms with E-state index in [1.165, 1.54) is 24.5 Å². The average Bonchev–Trinajstić information content (AvgIpc) is 2.82. The molecular weight excluding hydrogens is 310 g/mol. The maximum Gasteiger partial charge on any atom is 0.332 e. The second-order valence-electron chi connectivity index (χ2n) is 6.38. The monoisotopic (exact) mass is 333 g/mol. The molecule has 8 nitrogen and oxygen atoms in total. The Hall–Kier alpha value is -2.38. The van der Waals surface area contributed by atoms with Crippen molar-refractivity contribution < 1.29 is 4.79 Å². The molecule has 3 heterocycles. The molecule has 0 aliphatic carbocycles. The molecule has 2 aromatic rings. The highest BCUT2D eigenvalue weighted by Crippen LogP contribution is 2.12. The van der Waals surface area contributed by atoms with Crippen LogP contribution in [0.3, 0.4) is 0 Å². The molecule has 1 saturated heterocycles. The van der Waals surface area contributed by atoms with Gasteiger partial charge < -0.3 is 9.88 Å². The van der Waals surface area contributed by atoms with Crippen molar-refractivity contribution in [1.82, 2.24) is 24.0 Å². The molecule has 0 aromatic carbocycles. The molecule has 1 N–H and O–H groups in total. The molecule has 24 heavy (non-hydrogen) atoms. The summed E-state index contributed by atoms with van der Waals surface area (Å²) in [6, 6.07) is 0. The average molecular weight is 333 g/mol. The van der Waals surface area contributed by atoms with Gasteiger partial charge >= 0.3 is 5.69 Å². The SMILES string of the molecule is Cn1c(=O)c2[nH]c(CCC(=O)N3CCCCCC3)nc2n(C)c1=O. The van der Waals surface area contributed by atoms with E-state index in [1.807, 2.05) is 4.90 Å². The summed E-state index contributed by atoms with van der Waals surface area (Å²) in [6.07, 6.45) is 5.29. The lowest BCUT2D eigenvalue weighted by molar-refractivity contribution is -0.131. The van der Waals surface area contributed by atoms with Gasteiger partial charge in [-0.3, -0.25) is 18.7 Å².